The summed E-state index contributed by atoms with van der Waals surface area (Å²) in [5, 5.41) is 0. The summed E-state index contributed by atoms with van der Waals surface area (Å²) in [4.78, 5) is 17.0. The van der Waals surface area contributed by atoms with Crippen LogP contribution in [0.2, 0.25) is 0 Å². The topological polar surface area (TPSA) is 39.8 Å². The van der Waals surface area contributed by atoms with E-state index >= 15 is 0 Å². The second-order valence-corrected chi connectivity index (χ2v) is 8.34. The minimum absolute atomic E-state index is 0.0637. The van der Waals surface area contributed by atoms with Crippen LogP contribution in [0, 0.1) is 19.8 Å². The van der Waals surface area contributed by atoms with E-state index in [9.17, 15) is 4.79 Å². The molecule has 2 heterocycles. The van der Waals surface area contributed by atoms with Gasteiger partial charge in [-0.25, -0.2) is 4.98 Å². The summed E-state index contributed by atoms with van der Waals surface area (Å²) in [7, 11) is 1.82. The summed E-state index contributed by atoms with van der Waals surface area (Å²) in [6, 6.07) is 6.49. The number of hydrogen-bond acceptors (Lipinski definition) is 3. The minimum Gasteiger partial charge on any atom is -0.328 e. The van der Waals surface area contributed by atoms with E-state index in [1.165, 1.54) is 23.9 Å². The molecule has 0 saturated heterocycles. The Hall–Kier alpha value is -2.01. The van der Waals surface area contributed by atoms with E-state index in [4.69, 9.17) is 4.98 Å². The number of hydrogen-bond donors (Lipinski definition) is 0. The highest BCUT2D eigenvalue weighted by Crippen LogP contribution is 2.35. The molecule has 4 nitrogen and oxygen atoms in total. The van der Waals surface area contributed by atoms with Crippen LogP contribution in [0.3, 0.4) is 0 Å². The molecular weight excluding hydrogens is 342 g/mol. The Kier molecular flexibility index (Phi) is 4.43. The Morgan fingerprint density at radius 2 is 1.96 bits per heavy atom. The Morgan fingerprint density at radius 1 is 1.19 bits per heavy atom. The Morgan fingerprint density at radius 3 is 2.62 bits per heavy atom. The first-order valence-corrected chi connectivity index (χ1v) is 10.5. The molecule has 1 fully saturated rings. The summed E-state index contributed by atoms with van der Waals surface area (Å²) in [5.74, 6) is 2.84. The summed E-state index contributed by atoms with van der Waals surface area (Å²) < 4.78 is 4.06. The van der Waals surface area contributed by atoms with Gasteiger partial charge < -0.3 is 9.13 Å². The van der Waals surface area contributed by atoms with Crippen molar-refractivity contribution in [2.24, 2.45) is 13.0 Å². The van der Waals surface area contributed by atoms with Gasteiger partial charge in [0.05, 0.1) is 11.0 Å². The number of aromatic nitrogens is 3. The van der Waals surface area contributed by atoms with Gasteiger partial charge in [0.2, 0.25) is 0 Å². The van der Waals surface area contributed by atoms with E-state index in [2.05, 4.69) is 29.9 Å². The lowest BCUT2D eigenvalue weighted by atomic mass is 10.0. The predicted octanol–water partition coefficient (Wildman–Crippen LogP) is 4.29. The smallest absolute Gasteiger partial charge is 0.253 e. The second-order valence-electron chi connectivity index (χ2n) is 7.48. The fraction of sp³-hybridized carbons (Fsp3) is 0.429. The molecule has 1 aromatic carbocycles. The monoisotopic (exact) mass is 367 g/mol. The maximum atomic E-state index is 12.1. The predicted molar refractivity (Wildman–Crippen MR) is 110 cm³/mol. The fourth-order valence-electron chi connectivity index (χ4n) is 3.67. The van der Waals surface area contributed by atoms with Gasteiger partial charge in [0.1, 0.15) is 5.82 Å². The number of pyridine rings is 1. The van der Waals surface area contributed by atoms with E-state index in [1.54, 1.807) is 4.57 Å². The van der Waals surface area contributed by atoms with Crippen LogP contribution in [0.1, 0.15) is 29.8 Å². The molecule has 0 spiro atoms. The molecule has 1 aliphatic carbocycles. The molecule has 0 amide bonds. The van der Waals surface area contributed by atoms with Crippen molar-refractivity contribution in [3.05, 3.63) is 51.7 Å². The van der Waals surface area contributed by atoms with Gasteiger partial charge in [-0.1, -0.05) is 0 Å². The fourth-order valence-corrected chi connectivity index (χ4v) is 4.20. The van der Waals surface area contributed by atoms with Gasteiger partial charge in [0.15, 0.2) is 0 Å². The number of thioether (sulfide) groups is 1. The molecule has 5 heteroatoms. The van der Waals surface area contributed by atoms with E-state index in [0.29, 0.717) is 0 Å². The zero-order valence-electron chi connectivity index (χ0n) is 15.9. The lowest BCUT2D eigenvalue weighted by Crippen LogP contribution is -2.18. The van der Waals surface area contributed by atoms with Crippen LogP contribution in [0.25, 0.3) is 22.2 Å². The maximum Gasteiger partial charge on any atom is 0.253 e. The summed E-state index contributed by atoms with van der Waals surface area (Å²) >= 11 is 1.82. The molecule has 0 unspecified atom stereocenters. The van der Waals surface area contributed by atoms with Crippen LogP contribution in [-0.2, 0) is 19.3 Å². The van der Waals surface area contributed by atoms with Crippen molar-refractivity contribution in [3.63, 3.8) is 0 Å². The Balaban J connectivity index is 1.93. The molecule has 2 aromatic heterocycles. The van der Waals surface area contributed by atoms with Gasteiger partial charge in [-0.05, 0) is 73.8 Å². The quantitative estimate of drug-likeness (QED) is 0.675. The first-order chi connectivity index (χ1) is 12.5. The number of fused-ring (bicyclic) bond motifs is 1. The summed E-state index contributed by atoms with van der Waals surface area (Å²) in [6.07, 6.45) is 6.73. The Bertz CT molecular complexity index is 1020. The van der Waals surface area contributed by atoms with Crippen LogP contribution < -0.4 is 5.56 Å². The van der Waals surface area contributed by atoms with E-state index < -0.39 is 0 Å². The van der Waals surface area contributed by atoms with Crippen LogP contribution >= 0.6 is 11.8 Å². The van der Waals surface area contributed by atoms with Gasteiger partial charge >= 0.3 is 0 Å². The van der Waals surface area contributed by atoms with Crippen molar-refractivity contribution in [1.82, 2.24) is 14.1 Å². The highest BCUT2D eigenvalue weighted by atomic mass is 32.2. The number of nitrogens with zero attached hydrogens (tertiary/aromatic N) is 3. The third-order valence-corrected chi connectivity index (χ3v) is 5.86. The van der Waals surface area contributed by atoms with Gasteiger partial charge in [-0.3, -0.25) is 4.79 Å². The third kappa shape index (κ3) is 3.09. The zero-order chi connectivity index (χ0) is 18.4. The third-order valence-electron chi connectivity index (χ3n) is 5.26. The molecule has 0 radical (unpaired) electrons. The first-order valence-electron chi connectivity index (χ1n) is 9.14. The van der Waals surface area contributed by atoms with Crippen molar-refractivity contribution in [1.29, 1.82) is 0 Å². The number of aryl methyl sites for hydroxylation is 3. The highest BCUT2D eigenvalue weighted by Gasteiger charge is 2.24. The highest BCUT2D eigenvalue weighted by molar-refractivity contribution is 7.97. The molecule has 0 bridgehead atoms. The van der Waals surface area contributed by atoms with Gasteiger partial charge in [-0.15, -0.1) is 0 Å². The van der Waals surface area contributed by atoms with Crippen LogP contribution in [-0.4, -0.2) is 20.4 Å². The molecule has 4 rings (SSSR count). The molecule has 3 aromatic rings. The van der Waals surface area contributed by atoms with Crippen molar-refractivity contribution >= 4 is 22.8 Å². The molecule has 1 saturated carbocycles. The van der Waals surface area contributed by atoms with Gasteiger partial charge in [0, 0.05) is 31.1 Å². The van der Waals surface area contributed by atoms with Crippen molar-refractivity contribution in [3.8, 4) is 11.1 Å². The molecule has 136 valence electrons. The largest absolute Gasteiger partial charge is 0.328 e. The molecule has 0 atom stereocenters. The molecule has 26 heavy (non-hydrogen) atoms. The van der Waals surface area contributed by atoms with E-state index in [-0.39, 0.29) is 5.56 Å². The van der Waals surface area contributed by atoms with Crippen molar-refractivity contribution in [2.75, 3.05) is 6.26 Å². The average molecular weight is 368 g/mol. The van der Waals surface area contributed by atoms with E-state index in [1.807, 2.05) is 38.0 Å². The lowest BCUT2D eigenvalue weighted by molar-refractivity contribution is 0.626. The zero-order valence-corrected chi connectivity index (χ0v) is 16.7. The van der Waals surface area contributed by atoms with Crippen molar-refractivity contribution < 1.29 is 0 Å². The Labute approximate surface area is 158 Å². The number of imidazole rings is 1. The van der Waals surface area contributed by atoms with Gasteiger partial charge in [0.25, 0.3) is 5.56 Å². The maximum absolute atomic E-state index is 12.1. The number of benzene rings is 1. The van der Waals surface area contributed by atoms with Crippen LogP contribution in [0.15, 0.2) is 29.2 Å². The van der Waals surface area contributed by atoms with Crippen LogP contribution in [0.5, 0.6) is 0 Å². The number of rotatable bonds is 5. The normalized spacial score (nSPS) is 14.3. The van der Waals surface area contributed by atoms with E-state index in [0.717, 1.165) is 46.2 Å². The molecule has 0 N–H and O–H groups in total. The van der Waals surface area contributed by atoms with Crippen molar-refractivity contribution in [2.45, 2.75) is 39.0 Å². The van der Waals surface area contributed by atoms with Crippen LogP contribution in [0.4, 0.5) is 0 Å². The summed E-state index contributed by atoms with van der Waals surface area (Å²) in [6.45, 7) is 5.06. The SMILES string of the molecule is CSCc1cc(-c2cc(C)c(=O)n(C)c2)cc2c1nc(C)n2CC1CC1. The molecular formula is C21H25N3OS. The average Bonchev–Trinajstić information content (AvgIpc) is 3.37. The standard InChI is InChI=1S/C21H25N3OS/c1-13-7-17(11-23(3)21(13)25)16-8-18(12-26-4)20-19(9-16)24(14(2)22-20)10-15-5-6-15/h7-9,11,15H,5-6,10,12H2,1-4H3. The summed E-state index contributed by atoms with van der Waals surface area (Å²) in [5.41, 5.74) is 6.72. The lowest BCUT2D eigenvalue weighted by Gasteiger charge is -2.11. The second kappa shape index (κ2) is 6.62. The molecule has 0 aliphatic heterocycles. The first kappa shape index (κ1) is 17.4. The molecule has 1 aliphatic rings. The minimum atomic E-state index is 0.0637. The van der Waals surface area contributed by atoms with Gasteiger partial charge in [-0.2, -0.15) is 11.8 Å².